The van der Waals surface area contributed by atoms with Crippen LogP contribution >= 0.6 is 11.8 Å². The second-order valence-electron chi connectivity index (χ2n) is 5.88. The van der Waals surface area contributed by atoms with Crippen LogP contribution in [-0.4, -0.2) is 45.4 Å². The van der Waals surface area contributed by atoms with Crippen molar-refractivity contribution in [3.63, 3.8) is 0 Å². The summed E-state index contributed by atoms with van der Waals surface area (Å²) in [6.45, 7) is 0.639. The molecule has 0 atom stereocenters. The highest BCUT2D eigenvalue weighted by Gasteiger charge is 2.29. The highest BCUT2D eigenvalue weighted by molar-refractivity contribution is 7.99. The Morgan fingerprint density at radius 3 is 2.72 bits per heavy atom. The van der Waals surface area contributed by atoms with Gasteiger partial charge in [-0.3, -0.25) is 9.59 Å². The largest absolute Gasteiger partial charge is 0.486 e. The maximum Gasteiger partial charge on any atom is 0.251 e. The van der Waals surface area contributed by atoms with E-state index in [4.69, 9.17) is 4.74 Å². The van der Waals surface area contributed by atoms with Crippen LogP contribution in [0.3, 0.4) is 0 Å². The van der Waals surface area contributed by atoms with E-state index in [0.717, 1.165) is 18.0 Å². The Kier molecular flexibility index (Phi) is 5.70. The first-order valence-corrected chi connectivity index (χ1v) is 9.12. The van der Waals surface area contributed by atoms with Gasteiger partial charge in [0.15, 0.2) is 10.9 Å². The van der Waals surface area contributed by atoms with Crippen LogP contribution in [0.15, 0.2) is 35.7 Å². The minimum absolute atomic E-state index is 0.107. The molecular formula is C17H20N4O3S. The van der Waals surface area contributed by atoms with Crippen LogP contribution in [-0.2, 0) is 11.8 Å². The number of thioether (sulfide) groups is 1. The van der Waals surface area contributed by atoms with Crippen molar-refractivity contribution in [3.8, 4) is 5.75 Å². The van der Waals surface area contributed by atoms with E-state index in [2.05, 4.69) is 15.5 Å². The fourth-order valence-corrected chi connectivity index (χ4v) is 2.93. The number of hydrogen-bond donors (Lipinski definition) is 1. The van der Waals surface area contributed by atoms with Crippen LogP contribution in [0.2, 0.25) is 0 Å². The standard InChI is InChI=1S/C17H20N4O3S/c1-21-11-19-20-17(21)25-9-8-18-16(23)13-4-6-14(7-5-13)24-10-15(22)12-2-3-12/h4-7,11-12H,2-3,8-10H2,1H3,(H,18,23). The first-order chi connectivity index (χ1) is 12.1. The summed E-state index contributed by atoms with van der Waals surface area (Å²) in [4.78, 5) is 23.7. The van der Waals surface area contributed by atoms with Gasteiger partial charge in [-0.05, 0) is 37.1 Å². The van der Waals surface area contributed by atoms with Gasteiger partial charge in [0.2, 0.25) is 0 Å². The molecule has 1 N–H and O–H groups in total. The van der Waals surface area contributed by atoms with E-state index in [9.17, 15) is 9.59 Å². The predicted molar refractivity (Wildman–Crippen MR) is 93.7 cm³/mol. The number of benzene rings is 1. The van der Waals surface area contributed by atoms with Gasteiger partial charge in [-0.15, -0.1) is 10.2 Å². The number of aryl methyl sites for hydroxylation is 1. The van der Waals surface area contributed by atoms with Gasteiger partial charge in [0.1, 0.15) is 18.7 Å². The number of carbonyl (C=O) groups excluding carboxylic acids is 2. The third kappa shape index (κ3) is 5.06. The second kappa shape index (κ2) is 8.15. The van der Waals surface area contributed by atoms with Crippen molar-refractivity contribution < 1.29 is 14.3 Å². The SMILES string of the molecule is Cn1cnnc1SCCNC(=O)c1ccc(OCC(=O)C2CC2)cc1. The van der Waals surface area contributed by atoms with Crippen molar-refractivity contribution in [1.29, 1.82) is 0 Å². The molecule has 1 heterocycles. The quantitative estimate of drug-likeness (QED) is 0.541. The molecule has 7 nitrogen and oxygen atoms in total. The van der Waals surface area contributed by atoms with Gasteiger partial charge in [0.25, 0.3) is 5.91 Å². The highest BCUT2D eigenvalue weighted by Crippen LogP contribution is 2.29. The highest BCUT2D eigenvalue weighted by atomic mass is 32.2. The molecule has 0 radical (unpaired) electrons. The lowest BCUT2D eigenvalue weighted by atomic mass is 10.2. The molecule has 3 rings (SSSR count). The zero-order valence-corrected chi connectivity index (χ0v) is 14.8. The Bertz CT molecular complexity index is 741. The Morgan fingerprint density at radius 2 is 2.08 bits per heavy atom. The summed E-state index contributed by atoms with van der Waals surface area (Å²) < 4.78 is 7.29. The monoisotopic (exact) mass is 360 g/mol. The normalized spacial score (nSPS) is 13.5. The number of nitrogens with one attached hydrogen (secondary N) is 1. The molecule has 1 saturated carbocycles. The summed E-state index contributed by atoms with van der Waals surface area (Å²) in [5.74, 6) is 1.53. The molecule has 2 aromatic rings. The Labute approximate surface area is 150 Å². The Hall–Kier alpha value is -2.35. The third-order valence-electron chi connectivity index (χ3n) is 3.82. The van der Waals surface area contributed by atoms with Crippen molar-refractivity contribution in [3.05, 3.63) is 36.2 Å². The van der Waals surface area contributed by atoms with Gasteiger partial charge in [-0.1, -0.05) is 11.8 Å². The molecule has 1 amide bonds. The summed E-state index contributed by atoms with van der Waals surface area (Å²) in [6, 6.07) is 6.82. The lowest BCUT2D eigenvalue weighted by Gasteiger charge is -2.07. The van der Waals surface area contributed by atoms with Crippen LogP contribution < -0.4 is 10.1 Å². The molecule has 0 saturated heterocycles. The number of carbonyl (C=O) groups is 2. The first-order valence-electron chi connectivity index (χ1n) is 8.14. The molecule has 1 aromatic carbocycles. The Balaban J connectivity index is 1.39. The minimum atomic E-state index is -0.140. The molecule has 8 heteroatoms. The topological polar surface area (TPSA) is 86.1 Å². The zero-order valence-electron chi connectivity index (χ0n) is 14.0. The van der Waals surface area contributed by atoms with Crippen molar-refractivity contribution in [2.24, 2.45) is 13.0 Å². The number of nitrogens with zero attached hydrogens (tertiary/aromatic N) is 3. The lowest BCUT2D eigenvalue weighted by molar-refractivity contribution is -0.122. The van der Waals surface area contributed by atoms with Crippen molar-refractivity contribution in [2.45, 2.75) is 18.0 Å². The second-order valence-corrected chi connectivity index (χ2v) is 6.94. The first kappa shape index (κ1) is 17.5. The van der Waals surface area contributed by atoms with Crippen LogP contribution in [0.25, 0.3) is 0 Å². The van der Waals surface area contributed by atoms with Crippen molar-refractivity contribution in [2.75, 3.05) is 18.9 Å². The number of amides is 1. The van der Waals surface area contributed by atoms with E-state index in [1.807, 2.05) is 11.6 Å². The molecule has 1 fully saturated rings. The predicted octanol–water partition coefficient (Wildman–Crippen LogP) is 1.70. The van der Waals surface area contributed by atoms with Gasteiger partial charge < -0.3 is 14.6 Å². The smallest absolute Gasteiger partial charge is 0.251 e. The average Bonchev–Trinajstić information content (AvgIpc) is 3.40. The Morgan fingerprint density at radius 1 is 1.32 bits per heavy atom. The third-order valence-corrected chi connectivity index (χ3v) is 4.86. The van der Waals surface area contributed by atoms with Crippen LogP contribution in [0.1, 0.15) is 23.2 Å². The molecule has 0 unspecified atom stereocenters. The van der Waals surface area contributed by atoms with Gasteiger partial charge in [0, 0.05) is 30.8 Å². The van der Waals surface area contributed by atoms with Gasteiger partial charge in [-0.2, -0.15) is 0 Å². The van der Waals surface area contributed by atoms with E-state index in [1.165, 1.54) is 11.8 Å². The average molecular weight is 360 g/mol. The molecule has 0 aliphatic heterocycles. The fourth-order valence-electron chi connectivity index (χ4n) is 2.19. The zero-order chi connectivity index (χ0) is 17.6. The summed E-state index contributed by atoms with van der Waals surface area (Å²) in [7, 11) is 1.88. The molecule has 1 aliphatic rings. The summed E-state index contributed by atoms with van der Waals surface area (Å²) in [6.07, 6.45) is 3.61. The number of hydrogen-bond acceptors (Lipinski definition) is 6. The summed E-state index contributed by atoms with van der Waals surface area (Å²) in [5, 5.41) is 11.5. The number of ether oxygens (including phenoxy) is 1. The van der Waals surface area contributed by atoms with Crippen LogP contribution in [0, 0.1) is 5.92 Å². The number of rotatable bonds is 9. The molecular weight excluding hydrogens is 340 g/mol. The van der Waals surface area contributed by atoms with Crippen LogP contribution in [0.4, 0.5) is 0 Å². The van der Waals surface area contributed by atoms with E-state index >= 15 is 0 Å². The maximum atomic E-state index is 12.1. The maximum absolute atomic E-state index is 12.1. The number of Topliss-reactive ketones (excluding diaryl/α,β-unsaturated/α-hetero) is 1. The van der Waals surface area contributed by atoms with Crippen LogP contribution in [0.5, 0.6) is 5.75 Å². The summed E-state index contributed by atoms with van der Waals surface area (Å²) in [5.41, 5.74) is 0.560. The molecule has 25 heavy (non-hydrogen) atoms. The molecule has 1 aliphatic carbocycles. The molecule has 0 bridgehead atoms. The van der Waals surface area contributed by atoms with E-state index < -0.39 is 0 Å². The van der Waals surface area contributed by atoms with Gasteiger partial charge in [0.05, 0.1) is 0 Å². The molecule has 0 spiro atoms. The molecule has 132 valence electrons. The number of ketones is 1. The lowest BCUT2D eigenvalue weighted by Crippen LogP contribution is -2.25. The van der Waals surface area contributed by atoms with Crippen molar-refractivity contribution >= 4 is 23.5 Å². The number of aromatic nitrogens is 3. The van der Waals surface area contributed by atoms with Gasteiger partial charge >= 0.3 is 0 Å². The van der Waals surface area contributed by atoms with Crippen molar-refractivity contribution in [1.82, 2.24) is 20.1 Å². The summed E-state index contributed by atoms with van der Waals surface area (Å²) >= 11 is 1.53. The fraction of sp³-hybridized carbons (Fsp3) is 0.412. The van der Waals surface area contributed by atoms with E-state index in [1.54, 1.807) is 30.6 Å². The van der Waals surface area contributed by atoms with E-state index in [0.29, 0.717) is 23.6 Å². The van der Waals surface area contributed by atoms with E-state index in [-0.39, 0.29) is 24.2 Å². The minimum Gasteiger partial charge on any atom is -0.486 e. The molecule has 1 aromatic heterocycles. The van der Waals surface area contributed by atoms with Gasteiger partial charge in [-0.25, -0.2) is 0 Å².